The first-order valence-corrected chi connectivity index (χ1v) is 10.4. The quantitative estimate of drug-likeness (QED) is 0.243. The lowest BCUT2D eigenvalue weighted by Crippen LogP contribution is -2.26. The number of hydrazone groups is 1. The van der Waals surface area contributed by atoms with Gasteiger partial charge in [0.1, 0.15) is 0 Å². The van der Waals surface area contributed by atoms with Crippen LogP contribution >= 0.6 is 23.2 Å². The normalized spacial score (nSPS) is 12.1. The van der Waals surface area contributed by atoms with Crippen LogP contribution in [-0.4, -0.2) is 27.5 Å². The number of guanidine groups is 1. The van der Waals surface area contributed by atoms with Crippen LogP contribution in [0.2, 0.25) is 10.0 Å². The van der Waals surface area contributed by atoms with Gasteiger partial charge in [0, 0.05) is 33.8 Å². The maximum Gasteiger partial charge on any atom is 0.234 e. The number of aromatic nitrogens is 2. The first kappa shape index (κ1) is 21.4. The largest absolute Gasteiger partial charge is 0.367 e. The molecule has 0 aliphatic heterocycles. The van der Waals surface area contributed by atoms with E-state index in [4.69, 9.17) is 28.9 Å². The Morgan fingerprint density at radius 3 is 1.78 bits per heavy atom. The molecule has 0 saturated heterocycles. The van der Waals surface area contributed by atoms with Crippen LogP contribution in [-0.2, 0) is 0 Å². The van der Waals surface area contributed by atoms with Crippen LogP contribution in [0.5, 0.6) is 0 Å². The standard InChI is InChI=1S/C23H19Cl2N7/c24-17-5-9-19(10-6-17)31-13-1-3-21(31)15-27-29-23(26)30-28-16-22-4-2-14-32(22)20-11-7-18(25)8-12-20/h1-16H,(H3,26,29,30)/b27-15+,28-16+. The molecular formula is C23H19Cl2N7. The van der Waals surface area contributed by atoms with Crippen molar-refractivity contribution in [1.29, 1.82) is 0 Å². The molecule has 3 N–H and O–H groups in total. The monoisotopic (exact) mass is 463 g/mol. The van der Waals surface area contributed by atoms with Crippen LogP contribution in [0, 0.1) is 0 Å². The van der Waals surface area contributed by atoms with Gasteiger partial charge in [0.25, 0.3) is 0 Å². The van der Waals surface area contributed by atoms with Gasteiger partial charge in [-0.15, -0.1) is 5.10 Å². The van der Waals surface area contributed by atoms with Gasteiger partial charge in [0.15, 0.2) is 0 Å². The molecule has 2 aromatic heterocycles. The predicted octanol–water partition coefficient (Wildman–Crippen LogP) is 4.85. The second-order valence-electron chi connectivity index (χ2n) is 6.66. The average molecular weight is 464 g/mol. The third-order valence-electron chi connectivity index (χ3n) is 4.50. The molecule has 32 heavy (non-hydrogen) atoms. The summed E-state index contributed by atoms with van der Waals surface area (Å²) in [6.45, 7) is 0. The molecule has 160 valence electrons. The van der Waals surface area contributed by atoms with Gasteiger partial charge in [-0.2, -0.15) is 10.2 Å². The van der Waals surface area contributed by atoms with E-state index in [0.29, 0.717) is 10.0 Å². The number of halogens is 2. The average Bonchev–Trinajstić information content (AvgIpc) is 3.45. The first-order valence-electron chi connectivity index (χ1n) is 9.62. The first-order chi connectivity index (χ1) is 15.6. The molecule has 0 fully saturated rings. The van der Waals surface area contributed by atoms with E-state index in [1.165, 1.54) is 0 Å². The highest BCUT2D eigenvalue weighted by atomic mass is 35.5. The Labute approximate surface area is 195 Å². The van der Waals surface area contributed by atoms with Gasteiger partial charge in [-0.05, 0) is 72.8 Å². The fraction of sp³-hybridized carbons (Fsp3) is 0. The Kier molecular flexibility index (Phi) is 6.69. The van der Waals surface area contributed by atoms with Gasteiger partial charge in [0.05, 0.1) is 23.8 Å². The van der Waals surface area contributed by atoms with Crippen LogP contribution in [0.4, 0.5) is 0 Å². The van der Waals surface area contributed by atoms with Gasteiger partial charge in [-0.25, -0.2) is 5.43 Å². The zero-order valence-corrected chi connectivity index (χ0v) is 18.3. The highest BCUT2D eigenvalue weighted by Crippen LogP contribution is 2.16. The van der Waals surface area contributed by atoms with Crippen molar-refractivity contribution in [2.24, 2.45) is 21.0 Å². The molecule has 2 heterocycles. The number of nitrogens with zero attached hydrogens (tertiary/aromatic N) is 5. The highest BCUT2D eigenvalue weighted by molar-refractivity contribution is 6.30. The number of nitrogens with two attached hydrogens (primary N) is 1. The summed E-state index contributed by atoms with van der Waals surface area (Å²) in [6, 6.07) is 22.7. The minimum absolute atomic E-state index is 0.0618. The van der Waals surface area contributed by atoms with E-state index in [1.807, 2.05) is 94.3 Å². The Hall–Kier alpha value is -3.81. The van der Waals surface area contributed by atoms with Crippen molar-refractivity contribution >= 4 is 41.6 Å². The van der Waals surface area contributed by atoms with Gasteiger partial charge in [-0.1, -0.05) is 23.2 Å². The van der Waals surface area contributed by atoms with Gasteiger partial charge in [0.2, 0.25) is 5.96 Å². The summed E-state index contributed by atoms with van der Waals surface area (Å²) in [6.07, 6.45) is 7.11. The van der Waals surface area contributed by atoms with Gasteiger partial charge in [-0.3, -0.25) is 0 Å². The Morgan fingerprint density at radius 2 is 1.25 bits per heavy atom. The molecule has 0 aliphatic carbocycles. The Balaban J connectivity index is 1.40. The zero-order valence-electron chi connectivity index (χ0n) is 16.8. The third kappa shape index (κ3) is 5.26. The number of hydrogen-bond donors (Lipinski definition) is 2. The van der Waals surface area contributed by atoms with E-state index < -0.39 is 0 Å². The SMILES string of the molecule is N/C(=N\N=C\c1cccn1-c1ccc(Cl)cc1)N/N=C/c1cccn1-c1ccc(Cl)cc1. The van der Waals surface area contributed by atoms with Gasteiger partial charge < -0.3 is 14.9 Å². The van der Waals surface area contributed by atoms with E-state index in [9.17, 15) is 0 Å². The van der Waals surface area contributed by atoms with Crippen molar-refractivity contribution in [3.8, 4) is 11.4 Å². The van der Waals surface area contributed by atoms with Crippen LogP contribution in [0.15, 0.2) is 100 Å². The van der Waals surface area contributed by atoms with E-state index in [1.54, 1.807) is 12.4 Å². The predicted molar refractivity (Wildman–Crippen MR) is 132 cm³/mol. The molecular weight excluding hydrogens is 445 g/mol. The van der Waals surface area contributed by atoms with Crippen LogP contribution < -0.4 is 11.2 Å². The van der Waals surface area contributed by atoms with Crippen molar-refractivity contribution < 1.29 is 0 Å². The molecule has 0 unspecified atom stereocenters. The molecule has 7 nitrogen and oxygen atoms in total. The minimum atomic E-state index is 0.0618. The van der Waals surface area contributed by atoms with Crippen LogP contribution in [0.25, 0.3) is 11.4 Å². The molecule has 4 rings (SSSR count). The van der Waals surface area contributed by atoms with Crippen molar-refractivity contribution in [3.05, 3.63) is 107 Å². The summed E-state index contributed by atoms with van der Waals surface area (Å²) in [5, 5.41) is 13.5. The second kappa shape index (κ2) is 10.00. The van der Waals surface area contributed by atoms with Crippen LogP contribution in [0.1, 0.15) is 11.4 Å². The fourth-order valence-corrected chi connectivity index (χ4v) is 3.26. The van der Waals surface area contributed by atoms with E-state index in [0.717, 1.165) is 22.8 Å². The summed E-state index contributed by atoms with van der Waals surface area (Å²) >= 11 is 11.9. The molecule has 0 amide bonds. The summed E-state index contributed by atoms with van der Waals surface area (Å²) in [5.41, 5.74) is 12.2. The lowest BCUT2D eigenvalue weighted by Gasteiger charge is -2.06. The van der Waals surface area contributed by atoms with E-state index in [-0.39, 0.29) is 5.96 Å². The summed E-state index contributed by atoms with van der Waals surface area (Å²) in [7, 11) is 0. The molecule has 0 atom stereocenters. The zero-order chi connectivity index (χ0) is 22.3. The smallest absolute Gasteiger partial charge is 0.234 e. The number of benzene rings is 2. The summed E-state index contributed by atoms with van der Waals surface area (Å²) < 4.78 is 3.93. The Morgan fingerprint density at radius 1 is 0.750 bits per heavy atom. The molecule has 9 heteroatoms. The topological polar surface area (TPSA) is 85.0 Å². The second-order valence-corrected chi connectivity index (χ2v) is 7.53. The molecule has 0 spiro atoms. The highest BCUT2D eigenvalue weighted by Gasteiger charge is 2.02. The summed E-state index contributed by atoms with van der Waals surface area (Å²) in [4.78, 5) is 0. The molecule has 0 aliphatic rings. The van der Waals surface area contributed by atoms with Crippen molar-refractivity contribution in [2.45, 2.75) is 0 Å². The Bertz CT molecular complexity index is 1270. The maximum absolute atomic E-state index is 5.96. The lowest BCUT2D eigenvalue weighted by atomic mass is 10.3. The van der Waals surface area contributed by atoms with Crippen LogP contribution in [0.3, 0.4) is 0 Å². The fourth-order valence-electron chi connectivity index (χ4n) is 3.01. The van der Waals surface area contributed by atoms with Crippen molar-refractivity contribution in [1.82, 2.24) is 14.6 Å². The molecule has 0 saturated carbocycles. The van der Waals surface area contributed by atoms with Crippen molar-refractivity contribution in [3.63, 3.8) is 0 Å². The molecule has 0 bridgehead atoms. The van der Waals surface area contributed by atoms with E-state index in [2.05, 4.69) is 20.7 Å². The number of rotatable bonds is 6. The lowest BCUT2D eigenvalue weighted by molar-refractivity contribution is 0.984. The molecule has 2 aromatic carbocycles. The summed E-state index contributed by atoms with van der Waals surface area (Å²) in [5.74, 6) is 0.0618. The van der Waals surface area contributed by atoms with E-state index >= 15 is 0 Å². The van der Waals surface area contributed by atoms with Crippen molar-refractivity contribution in [2.75, 3.05) is 0 Å². The maximum atomic E-state index is 5.96. The third-order valence-corrected chi connectivity index (χ3v) is 5.01. The number of hydrogen-bond acceptors (Lipinski definition) is 3. The molecule has 4 aromatic rings. The van der Waals surface area contributed by atoms with Gasteiger partial charge >= 0.3 is 0 Å². The molecule has 0 radical (unpaired) electrons. The minimum Gasteiger partial charge on any atom is -0.367 e. The number of nitrogens with one attached hydrogen (secondary N) is 1.